The van der Waals surface area contributed by atoms with Gasteiger partial charge in [0.2, 0.25) is 0 Å². The number of aromatic carboxylic acids is 1. The molecule has 5 nitrogen and oxygen atoms in total. The quantitative estimate of drug-likeness (QED) is 0.868. The third-order valence-electron chi connectivity index (χ3n) is 2.39. The lowest BCUT2D eigenvalue weighted by Gasteiger charge is -2.06. The van der Waals surface area contributed by atoms with E-state index in [4.69, 9.17) is 5.11 Å². The van der Waals surface area contributed by atoms with E-state index in [2.05, 4.69) is 10.4 Å². The first kappa shape index (κ1) is 12.2. The topological polar surface area (TPSA) is 67.2 Å². The Labute approximate surface area is 105 Å². The Hall–Kier alpha value is -2.30. The molecule has 0 bridgehead atoms. The normalized spacial score (nSPS) is 10.6. The number of anilines is 1. The van der Waals surface area contributed by atoms with Crippen LogP contribution in [0.15, 0.2) is 36.5 Å². The van der Waals surface area contributed by atoms with Crippen LogP contribution in [0.5, 0.6) is 0 Å². The third kappa shape index (κ3) is 2.51. The first-order valence-electron chi connectivity index (χ1n) is 5.73. The number of carboxylic acid groups (broad SMARTS) is 1. The van der Waals surface area contributed by atoms with Crippen molar-refractivity contribution in [2.24, 2.45) is 0 Å². The molecule has 0 saturated heterocycles. The number of carbonyl (C=O) groups is 1. The van der Waals surface area contributed by atoms with E-state index in [1.54, 1.807) is 4.68 Å². The minimum atomic E-state index is -0.986. The van der Waals surface area contributed by atoms with E-state index < -0.39 is 5.97 Å². The molecule has 0 unspecified atom stereocenters. The van der Waals surface area contributed by atoms with E-state index in [1.165, 1.54) is 6.20 Å². The van der Waals surface area contributed by atoms with Crippen molar-refractivity contribution in [2.45, 2.75) is 19.9 Å². The SMILES string of the molecule is CC(C)Nc1nn(-c2ccccc2)cc1C(=O)O. The average Bonchev–Trinajstić information content (AvgIpc) is 2.73. The number of aromatic nitrogens is 2. The van der Waals surface area contributed by atoms with E-state index in [-0.39, 0.29) is 11.6 Å². The van der Waals surface area contributed by atoms with Crippen molar-refractivity contribution in [1.82, 2.24) is 9.78 Å². The summed E-state index contributed by atoms with van der Waals surface area (Å²) >= 11 is 0. The van der Waals surface area contributed by atoms with Crippen molar-refractivity contribution >= 4 is 11.8 Å². The first-order valence-corrected chi connectivity index (χ1v) is 5.73. The molecule has 2 N–H and O–H groups in total. The van der Waals surface area contributed by atoms with Gasteiger partial charge in [-0.25, -0.2) is 9.48 Å². The number of hydrogen-bond acceptors (Lipinski definition) is 3. The fraction of sp³-hybridized carbons (Fsp3) is 0.231. The molecule has 0 amide bonds. The Bertz CT molecular complexity index is 547. The van der Waals surface area contributed by atoms with Gasteiger partial charge >= 0.3 is 5.97 Å². The predicted octanol–water partition coefficient (Wildman–Crippen LogP) is 2.39. The second-order valence-corrected chi connectivity index (χ2v) is 4.28. The fourth-order valence-electron chi connectivity index (χ4n) is 1.62. The summed E-state index contributed by atoms with van der Waals surface area (Å²) in [5, 5.41) is 16.4. The maximum absolute atomic E-state index is 11.2. The van der Waals surface area contributed by atoms with Crippen LogP contribution >= 0.6 is 0 Å². The Morgan fingerprint density at radius 2 is 2.00 bits per heavy atom. The molecule has 0 fully saturated rings. The van der Waals surface area contributed by atoms with Crippen molar-refractivity contribution in [2.75, 3.05) is 5.32 Å². The highest BCUT2D eigenvalue weighted by atomic mass is 16.4. The lowest BCUT2D eigenvalue weighted by molar-refractivity contribution is 0.0698. The van der Waals surface area contributed by atoms with Gasteiger partial charge in [-0.1, -0.05) is 18.2 Å². The Morgan fingerprint density at radius 1 is 1.33 bits per heavy atom. The summed E-state index contributed by atoms with van der Waals surface area (Å²) in [6, 6.07) is 9.54. The summed E-state index contributed by atoms with van der Waals surface area (Å²) in [5.74, 6) is -0.596. The number of nitrogens with one attached hydrogen (secondary N) is 1. The Morgan fingerprint density at radius 3 is 2.56 bits per heavy atom. The molecular weight excluding hydrogens is 230 g/mol. The summed E-state index contributed by atoms with van der Waals surface area (Å²) in [4.78, 5) is 11.2. The van der Waals surface area contributed by atoms with Gasteiger partial charge < -0.3 is 10.4 Å². The summed E-state index contributed by atoms with van der Waals surface area (Å²) in [5.41, 5.74) is 1.00. The van der Waals surface area contributed by atoms with Crippen molar-refractivity contribution in [3.8, 4) is 5.69 Å². The Balaban J connectivity index is 2.42. The van der Waals surface area contributed by atoms with Gasteiger partial charge in [-0.15, -0.1) is 5.10 Å². The summed E-state index contributed by atoms with van der Waals surface area (Å²) in [6.07, 6.45) is 1.52. The van der Waals surface area contributed by atoms with Gasteiger partial charge in [-0.3, -0.25) is 0 Å². The largest absolute Gasteiger partial charge is 0.477 e. The van der Waals surface area contributed by atoms with Crippen LogP contribution in [-0.4, -0.2) is 26.9 Å². The van der Waals surface area contributed by atoms with Crippen LogP contribution in [0, 0.1) is 0 Å². The monoisotopic (exact) mass is 245 g/mol. The highest BCUT2D eigenvalue weighted by Crippen LogP contribution is 2.17. The zero-order chi connectivity index (χ0) is 13.1. The molecule has 5 heteroatoms. The molecule has 2 rings (SSSR count). The van der Waals surface area contributed by atoms with E-state index in [1.807, 2.05) is 44.2 Å². The smallest absolute Gasteiger partial charge is 0.341 e. The van der Waals surface area contributed by atoms with E-state index in [9.17, 15) is 4.79 Å². The molecular formula is C13H15N3O2. The second kappa shape index (κ2) is 4.91. The molecule has 18 heavy (non-hydrogen) atoms. The number of hydrogen-bond donors (Lipinski definition) is 2. The maximum Gasteiger partial charge on any atom is 0.341 e. The van der Waals surface area contributed by atoms with Crippen molar-refractivity contribution in [3.05, 3.63) is 42.1 Å². The first-order chi connectivity index (χ1) is 8.58. The molecule has 0 atom stereocenters. The molecule has 0 aliphatic rings. The zero-order valence-electron chi connectivity index (χ0n) is 10.3. The highest BCUT2D eigenvalue weighted by Gasteiger charge is 2.16. The molecule has 94 valence electrons. The molecule has 0 spiro atoms. The molecule has 0 radical (unpaired) electrons. The van der Waals surface area contributed by atoms with Gasteiger partial charge in [0, 0.05) is 12.2 Å². The number of carboxylic acids is 1. The molecule has 1 heterocycles. The van der Waals surface area contributed by atoms with Crippen LogP contribution in [0.1, 0.15) is 24.2 Å². The molecule has 0 aliphatic heterocycles. The van der Waals surface area contributed by atoms with Crippen LogP contribution in [0.2, 0.25) is 0 Å². The number of rotatable bonds is 4. The van der Waals surface area contributed by atoms with E-state index >= 15 is 0 Å². The number of para-hydroxylation sites is 1. The van der Waals surface area contributed by atoms with Crippen LogP contribution < -0.4 is 5.32 Å². The van der Waals surface area contributed by atoms with Crippen LogP contribution in [0.3, 0.4) is 0 Å². The van der Waals surface area contributed by atoms with Crippen molar-refractivity contribution < 1.29 is 9.90 Å². The summed E-state index contributed by atoms with van der Waals surface area (Å²) in [7, 11) is 0. The standard InChI is InChI=1S/C13H15N3O2/c1-9(2)14-12-11(13(17)18)8-16(15-12)10-6-4-3-5-7-10/h3-9H,1-2H3,(H,14,15)(H,17,18). The average molecular weight is 245 g/mol. The molecule has 0 saturated carbocycles. The van der Waals surface area contributed by atoms with Crippen LogP contribution in [0.25, 0.3) is 5.69 Å². The third-order valence-corrected chi connectivity index (χ3v) is 2.39. The van der Waals surface area contributed by atoms with E-state index in [0.29, 0.717) is 5.82 Å². The minimum absolute atomic E-state index is 0.127. The van der Waals surface area contributed by atoms with Gasteiger partial charge in [0.25, 0.3) is 0 Å². The molecule has 1 aromatic carbocycles. The number of benzene rings is 1. The van der Waals surface area contributed by atoms with Crippen LogP contribution in [-0.2, 0) is 0 Å². The van der Waals surface area contributed by atoms with Gasteiger partial charge in [0.05, 0.1) is 5.69 Å². The maximum atomic E-state index is 11.2. The zero-order valence-corrected chi connectivity index (χ0v) is 10.3. The van der Waals surface area contributed by atoms with E-state index in [0.717, 1.165) is 5.69 Å². The summed E-state index contributed by atoms with van der Waals surface area (Å²) < 4.78 is 1.56. The molecule has 2 aromatic rings. The van der Waals surface area contributed by atoms with Crippen molar-refractivity contribution in [1.29, 1.82) is 0 Å². The lowest BCUT2D eigenvalue weighted by Crippen LogP contribution is -2.13. The van der Waals surface area contributed by atoms with Gasteiger partial charge in [-0.05, 0) is 26.0 Å². The molecule has 1 aromatic heterocycles. The lowest BCUT2D eigenvalue weighted by atomic mass is 10.3. The van der Waals surface area contributed by atoms with Gasteiger partial charge in [0.1, 0.15) is 5.56 Å². The summed E-state index contributed by atoms with van der Waals surface area (Å²) in [6.45, 7) is 3.88. The minimum Gasteiger partial charge on any atom is -0.477 e. The number of nitrogens with zero attached hydrogens (tertiary/aromatic N) is 2. The van der Waals surface area contributed by atoms with Crippen LogP contribution in [0.4, 0.5) is 5.82 Å². The predicted molar refractivity (Wildman–Crippen MR) is 69.3 cm³/mol. The second-order valence-electron chi connectivity index (χ2n) is 4.28. The van der Waals surface area contributed by atoms with Gasteiger partial charge in [0.15, 0.2) is 5.82 Å². The molecule has 0 aliphatic carbocycles. The highest BCUT2D eigenvalue weighted by molar-refractivity contribution is 5.93. The van der Waals surface area contributed by atoms with Gasteiger partial charge in [-0.2, -0.15) is 0 Å². The van der Waals surface area contributed by atoms with Crippen molar-refractivity contribution in [3.63, 3.8) is 0 Å². The fourth-order valence-corrected chi connectivity index (χ4v) is 1.62. The Kier molecular flexibility index (Phi) is 3.32.